The first-order chi connectivity index (χ1) is 5.91. The smallest absolute Gasteiger partial charge is 0.0466 e. The molecule has 0 atom stereocenters. The van der Waals surface area contributed by atoms with Crippen LogP contribution in [0.3, 0.4) is 0 Å². The van der Waals surface area contributed by atoms with Gasteiger partial charge >= 0.3 is 0 Å². The Balaban J connectivity index is 2.73. The monoisotopic (exact) mass is 173 g/mol. The third-order valence-electron chi connectivity index (χ3n) is 1.78. The largest absolute Gasteiger partial charge is 0.381 e. The number of hydrogen-bond donors (Lipinski definition) is 1. The number of unbranched alkanes of at least 4 members (excludes halogenated alkanes) is 2. The zero-order chi connectivity index (χ0) is 9.07. The van der Waals surface area contributed by atoms with Gasteiger partial charge in [0.05, 0.1) is 0 Å². The molecule has 0 amide bonds. The fourth-order valence-electron chi connectivity index (χ4n) is 0.979. The maximum absolute atomic E-state index is 5.43. The lowest BCUT2D eigenvalue weighted by atomic mass is 10.3. The van der Waals surface area contributed by atoms with Crippen LogP contribution in [0.4, 0.5) is 0 Å². The minimum Gasteiger partial charge on any atom is -0.381 e. The average molecular weight is 173 g/mol. The van der Waals surface area contributed by atoms with E-state index in [1.54, 1.807) is 0 Å². The molecule has 0 aliphatic rings. The second-order valence-corrected chi connectivity index (χ2v) is 3.03. The molecule has 0 bridgehead atoms. The van der Waals surface area contributed by atoms with E-state index >= 15 is 0 Å². The third kappa shape index (κ3) is 9.92. The van der Waals surface area contributed by atoms with Crippen LogP contribution in [0.1, 0.15) is 39.5 Å². The molecule has 0 heterocycles. The summed E-state index contributed by atoms with van der Waals surface area (Å²) in [5, 5.41) is 3.29. The van der Waals surface area contributed by atoms with Crippen molar-refractivity contribution in [1.82, 2.24) is 5.32 Å². The second-order valence-electron chi connectivity index (χ2n) is 3.03. The SMILES string of the molecule is CCCCOCCCCNCC. The summed E-state index contributed by atoms with van der Waals surface area (Å²) in [6.45, 7) is 8.42. The summed E-state index contributed by atoms with van der Waals surface area (Å²) in [5.41, 5.74) is 0. The van der Waals surface area contributed by atoms with Gasteiger partial charge in [-0.05, 0) is 32.4 Å². The van der Waals surface area contributed by atoms with E-state index < -0.39 is 0 Å². The summed E-state index contributed by atoms with van der Waals surface area (Å²) in [7, 11) is 0. The fraction of sp³-hybridized carbons (Fsp3) is 1.00. The van der Waals surface area contributed by atoms with Crippen LogP contribution in [-0.4, -0.2) is 26.3 Å². The molecule has 0 aliphatic carbocycles. The standard InChI is InChI=1S/C10H23NO/c1-3-5-9-12-10-7-6-8-11-4-2/h11H,3-10H2,1-2H3. The van der Waals surface area contributed by atoms with Gasteiger partial charge in [0.2, 0.25) is 0 Å². The van der Waals surface area contributed by atoms with Gasteiger partial charge in [-0.1, -0.05) is 20.3 Å². The highest BCUT2D eigenvalue weighted by molar-refractivity contribution is 4.44. The molecule has 74 valence electrons. The molecule has 0 aliphatic heterocycles. The second kappa shape index (κ2) is 10.9. The van der Waals surface area contributed by atoms with E-state index in [-0.39, 0.29) is 0 Å². The van der Waals surface area contributed by atoms with Crippen LogP contribution in [0.15, 0.2) is 0 Å². The van der Waals surface area contributed by atoms with Crippen molar-refractivity contribution in [2.45, 2.75) is 39.5 Å². The predicted octanol–water partition coefficient (Wildman–Crippen LogP) is 2.19. The highest BCUT2D eigenvalue weighted by atomic mass is 16.5. The molecular formula is C10H23NO. The van der Waals surface area contributed by atoms with Crippen LogP contribution in [0.2, 0.25) is 0 Å². The van der Waals surface area contributed by atoms with Gasteiger partial charge in [-0.2, -0.15) is 0 Å². The summed E-state index contributed by atoms with van der Waals surface area (Å²) >= 11 is 0. The number of ether oxygens (including phenoxy) is 1. The Bertz CT molecular complexity index is 66.2. The first-order valence-corrected chi connectivity index (χ1v) is 5.20. The molecule has 0 aromatic carbocycles. The van der Waals surface area contributed by atoms with E-state index in [2.05, 4.69) is 19.2 Å². The Kier molecular flexibility index (Phi) is 10.8. The molecule has 0 aromatic rings. The molecule has 0 saturated heterocycles. The van der Waals surface area contributed by atoms with Crippen LogP contribution in [0.5, 0.6) is 0 Å². The van der Waals surface area contributed by atoms with Gasteiger partial charge < -0.3 is 10.1 Å². The maximum Gasteiger partial charge on any atom is 0.0466 e. The predicted molar refractivity (Wildman–Crippen MR) is 53.5 cm³/mol. The lowest BCUT2D eigenvalue weighted by Gasteiger charge is -2.03. The third-order valence-corrected chi connectivity index (χ3v) is 1.78. The molecule has 0 rings (SSSR count). The first-order valence-electron chi connectivity index (χ1n) is 5.20. The van der Waals surface area contributed by atoms with Crippen molar-refractivity contribution in [2.75, 3.05) is 26.3 Å². The molecule has 0 saturated carbocycles. The van der Waals surface area contributed by atoms with Crippen LogP contribution in [-0.2, 0) is 4.74 Å². The number of nitrogens with one attached hydrogen (secondary N) is 1. The minimum absolute atomic E-state index is 0.936. The van der Waals surface area contributed by atoms with Crippen LogP contribution >= 0.6 is 0 Å². The van der Waals surface area contributed by atoms with Gasteiger partial charge in [0.1, 0.15) is 0 Å². The Labute approximate surface area is 76.7 Å². The van der Waals surface area contributed by atoms with Gasteiger partial charge in [-0.25, -0.2) is 0 Å². The highest BCUT2D eigenvalue weighted by Gasteiger charge is 1.88. The average Bonchev–Trinajstić information content (AvgIpc) is 2.10. The zero-order valence-electron chi connectivity index (χ0n) is 8.57. The van der Waals surface area contributed by atoms with Crippen LogP contribution in [0.25, 0.3) is 0 Å². The normalized spacial score (nSPS) is 10.5. The van der Waals surface area contributed by atoms with E-state index in [0.29, 0.717) is 0 Å². The molecule has 2 heteroatoms. The number of rotatable bonds is 9. The van der Waals surface area contributed by atoms with Crippen molar-refractivity contribution in [3.63, 3.8) is 0 Å². The summed E-state index contributed by atoms with van der Waals surface area (Å²) in [6, 6.07) is 0. The van der Waals surface area contributed by atoms with Crippen molar-refractivity contribution in [1.29, 1.82) is 0 Å². The van der Waals surface area contributed by atoms with E-state index in [1.165, 1.54) is 25.7 Å². The Morgan fingerprint density at radius 2 is 1.75 bits per heavy atom. The van der Waals surface area contributed by atoms with Crippen molar-refractivity contribution in [3.05, 3.63) is 0 Å². The minimum atomic E-state index is 0.936. The zero-order valence-corrected chi connectivity index (χ0v) is 8.57. The van der Waals surface area contributed by atoms with Crippen LogP contribution < -0.4 is 5.32 Å². The van der Waals surface area contributed by atoms with E-state index in [4.69, 9.17) is 4.74 Å². The Morgan fingerprint density at radius 1 is 1.00 bits per heavy atom. The molecule has 0 aromatic heterocycles. The van der Waals surface area contributed by atoms with Gasteiger partial charge in [0.25, 0.3) is 0 Å². The molecule has 0 unspecified atom stereocenters. The topological polar surface area (TPSA) is 21.3 Å². The molecule has 1 N–H and O–H groups in total. The lowest BCUT2D eigenvalue weighted by molar-refractivity contribution is 0.127. The van der Waals surface area contributed by atoms with E-state index in [0.717, 1.165) is 26.3 Å². The first kappa shape index (κ1) is 11.9. The summed E-state index contributed by atoms with van der Waals surface area (Å²) in [6.07, 6.45) is 4.86. The molecular weight excluding hydrogens is 150 g/mol. The van der Waals surface area contributed by atoms with Crippen LogP contribution in [0, 0.1) is 0 Å². The van der Waals surface area contributed by atoms with Gasteiger partial charge in [0, 0.05) is 13.2 Å². The maximum atomic E-state index is 5.43. The summed E-state index contributed by atoms with van der Waals surface area (Å²) < 4.78 is 5.43. The van der Waals surface area contributed by atoms with Gasteiger partial charge in [-0.15, -0.1) is 0 Å². The Hall–Kier alpha value is -0.0800. The van der Waals surface area contributed by atoms with E-state index in [1.807, 2.05) is 0 Å². The molecule has 0 radical (unpaired) electrons. The van der Waals surface area contributed by atoms with Gasteiger partial charge in [0.15, 0.2) is 0 Å². The van der Waals surface area contributed by atoms with E-state index in [9.17, 15) is 0 Å². The molecule has 0 spiro atoms. The Morgan fingerprint density at radius 3 is 2.42 bits per heavy atom. The van der Waals surface area contributed by atoms with Crippen molar-refractivity contribution < 1.29 is 4.74 Å². The number of hydrogen-bond acceptors (Lipinski definition) is 2. The van der Waals surface area contributed by atoms with Gasteiger partial charge in [-0.3, -0.25) is 0 Å². The fourth-order valence-corrected chi connectivity index (χ4v) is 0.979. The summed E-state index contributed by atoms with van der Waals surface area (Å²) in [5.74, 6) is 0. The van der Waals surface area contributed by atoms with Crippen molar-refractivity contribution >= 4 is 0 Å². The van der Waals surface area contributed by atoms with Crippen molar-refractivity contribution in [2.24, 2.45) is 0 Å². The summed E-state index contributed by atoms with van der Waals surface area (Å²) in [4.78, 5) is 0. The molecule has 0 fully saturated rings. The molecule has 2 nitrogen and oxygen atoms in total. The quantitative estimate of drug-likeness (QED) is 0.540. The van der Waals surface area contributed by atoms with Crippen molar-refractivity contribution in [3.8, 4) is 0 Å². The lowest BCUT2D eigenvalue weighted by Crippen LogP contribution is -2.14. The molecule has 12 heavy (non-hydrogen) atoms. The highest BCUT2D eigenvalue weighted by Crippen LogP contribution is 1.92.